The molecule has 0 bridgehead atoms. The van der Waals surface area contributed by atoms with Gasteiger partial charge < -0.3 is 19.5 Å². The molecule has 0 fully saturated rings. The number of carbonyl (C=O) groups excluding carboxylic acids is 1. The van der Waals surface area contributed by atoms with Crippen molar-refractivity contribution in [2.75, 3.05) is 19.5 Å². The van der Waals surface area contributed by atoms with Crippen molar-refractivity contribution in [2.24, 2.45) is 0 Å². The maximum atomic E-state index is 12.6. The van der Waals surface area contributed by atoms with Gasteiger partial charge in [-0.05, 0) is 60.5 Å². The fourth-order valence-electron chi connectivity index (χ4n) is 4.42. The van der Waals surface area contributed by atoms with Gasteiger partial charge in [-0.15, -0.1) is 0 Å². The van der Waals surface area contributed by atoms with Crippen molar-refractivity contribution in [3.8, 4) is 23.0 Å². The lowest BCUT2D eigenvalue weighted by Crippen LogP contribution is -2.06. The molecule has 1 heterocycles. The van der Waals surface area contributed by atoms with E-state index in [1.54, 1.807) is 14.2 Å². The first-order valence-electron chi connectivity index (χ1n) is 12.6. The van der Waals surface area contributed by atoms with E-state index in [0.29, 0.717) is 41.7 Å². The molecule has 0 aliphatic heterocycles. The van der Waals surface area contributed by atoms with Crippen molar-refractivity contribution in [3.63, 3.8) is 0 Å². The zero-order valence-corrected chi connectivity index (χ0v) is 22.1. The van der Waals surface area contributed by atoms with Gasteiger partial charge in [0.15, 0.2) is 11.5 Å². The van der Waals surface area contributed by atoms with E-state index in [2.05, 4.69) is 21.4 Å². The summed E-state index contributed by atoms with van der Waals surface area (Å²) in [6.07, 6.45) is 2.29. The molecule has 0 saturated carbocycles. The zero-order chi connectivity index (χ0) is 27.2. The average Bonchev–Trinajstić information content (AvgIpc) is 2.93. The third-order valence-corrected chi connectivity index (χ3v) is 6.28. The highest BCUT2D eigenvalue weighted by Gasteiger charge is 2.12. The lowest BCUT2D eigenvalue weighted by Gasteiger charge is -2.12. The number of benzene rings is 4. The fraction of sp³-hybridized carbons (Fsp3) is 0.156. The number of ether oxygens (including phenoxy) is 3. The molecule has 0 aliphatic rings. The number of hydrogen-bond donors (Lipinski definition) is 1. The maximum absolute atomic E-state index is 12.6. The number of nitrogens with one attached hydrogen (secondary N) is 1. The Morgan fingerprint density at radius 2 is 1.46 bits per heavy atom. The summed E-state index contributed by atoms with van der Waals surface area (Å²) in [5.41, 5.74) is 4.69. The minimum Gasteiger partial charge on any atom is -0.493 e. The molecule has 1 aromatic heterocycles. The van der Waals surface area contributed by atoms with Crippen molar-refractivity contribution in [3.05, 3.63) is 108 Å². The topological polar surface area (TPSA) is 82.6 Å². The molecule has 196 valence electrons. The third-order valence-electron chi connectivity index (χ3n) is 6.28. The largest absolute Gasteiger partial charge is 0.493 e. The summed E-state index contributed by atoms with van der Waals surface area (Å²) in [7, 11) is 3.19. The third kappa shape index (κ3) is 6.33. The number of hydrogen-bond acceptors (Lipinski definition) is 7. The minimum atomic E-state index is 0.168. The van der Waals surface area contributed by atoms with E-state index in [1.165, 1.54) is 6.33 Å². The molecule has 1 N–H and O–H groups in total. The van der Waals surface area contributed by atoms with Crippen molar-refractivity contribution in [1.29, 1.82) is 0 Å². The van der Waals surface area contributed by atoms with Crippen LogP contribution in [0.3, 0.4) is 0 Å². The number of carbonyl (C=O) groups is 1. The SMILES string of the molecule is COc1cc2ncnc(Nc3ccc(Oc4cccc(CC(=O)Cc5cccc(C)c5)c4)cc3)c2cc1OC. The van der Waals surface area contributed by atoms with Crippen LogP contribution < -0.4 is 19.5 Å². The predicted molar refractivity (Wildman–Crippen MR) is 152 cm³/mol. The van der Waals surface area contributed by atoms with Crippen molar-refractivity contribution in [1.82, 2.24) is 9.97 Å². The first kappa shape index (κ1) is 25.7. The van der Waals surface area contributed by atoms with Crippen LogP contribution in [0.4, 0.5) is 11.5 Å². The van der Waals surface area contributed by atoms with E-state index in [4.69, 9.17) is 14.2 Å². The minimum absolute atomic E-state index is 0.168. The average molecular weight is 520 g/mol. The van der Waals surface area contributed by atoms with Gasteiger partial charge >= 0.3 is 0 Å². The van der Waals surface area contributed by atoms with Crippen molar-refractivity contribution >= 4 is 28.2 Å². The van der Waals surface area contributed by atoms with Crippen molar-refractivity contribution < 1.29 is 19.0 Å². The molecule has 0 unspecified atom stereocenters. The van der Waals surface area contributed by atoms with E-state index in [-0.39, 0.29) is 5.78 Å². The first-order valence-corrected chi connectivity index (χ1v) is 12.6. The summed E-state index contributed by atoms with van der Waals surface area (Å²) in [5.74, 6) is 3.39. The van der Waals surface area contributed by atoms with Crippen LogP contribution in [0.2, 0.25) is 0 Å². The van der Waals surface area contributed by atoms with Gasteiger partial charge in [0, 0.05) is 30.0 Å². The number of Topliss-reactive ketones (excluding diaryl/α,β-unsaturated/α-hetero) is 1. The van der Waals surface area contributed by atoms with Crippen molar-refractivity contribution in [2.45, 2.75) is 19.8 Å². The Kier molecular flexibility index (Phi) is 7.68. The molecule has 39 heavy (non-hydrogen) atoms. The summed E-state index contributed by atoms with van der Waals surface area (Å²) < 4.78 is 16.9. The second-order valence-electron chi connectivity index (χ2n) is 9.23. The lowest BCUT2D eigenvalue weighted by atomic mass is 10.0. The van der Waals surface area contributed by atoms with Crippen LogP contribution in [-0.4, -0.2) is 30.0 Å². The van der Waals surface area contributed by atoms with Gasteiger partial charge in [0.1, 0.15) is 29.4 Å². The molecular formula is C32H29N3O4. The lowest BCUT2D eigenvalue weighted by molar-refractivity contribution is -0.117. The number of fused-ring (bicyclic) bond motifs is 1. The molecule has 0 radical (unpaired) electrons. The quantitative estimate of drug-likeness (QED) is 0.216. The molecule has 7 heteroatoms. The molecule has 0 saturated heterocycles. The van der Waals surface area contributed by atoms with E-state index in [0.717, 1.165) is 33.3 Å². The normalized spacial score (nSPS) is 10.7. The zero-order valence-electron chi connectivity index (χ0n) is 22.1. The van der Waals surface area contributed by atoms with Crippen LogP contribution in [0, 0.1) is 6.92 Å². The first-order chi connectivity index (χ1) is 19.0. The van der Waals surface area contributed by atoms with Gasteiger partial charge in [-0.2, -0.15) is 0 Å². The van der Waals surface area contributed by atoms with E-state index in [1.807, 2.05) is 85.8 Å². The summed E-state index contributed by atoms with van der Waals surface area (Å²) >= 11 is 0. The molecule has 0 spiro atoms. The number of ketones is 1. The highest BCUT2D eigenvalue weighted by Crippen LogP contribution is 2.34. The Morgan fingerprint density at radius 1 is 0.769 bits per heavy atom. The highest BCUT2D eigenvalue weighted by atomic mass is 16.5. The highest BCUT2D eigenvalue weighted by molar-refractivity contribution is 5.93. The summed E-state index contributed by atoms with van der Waals surface area (Å²) in [6.45, 7) is 2.03. The van der Waals surface area contributed by atoms with Crippen LogP contribution in [-0.2, 0) is 17.6 Å². The molecule has 0 atom stereocenters. The number of anilines is 2. The van der Waals surface area contributed by atoms with Gasteiger partial charge in [0.25, 0.3) is 0 Å². The second-order valence-corrected chi connectivity index (χ2v) is 9.23. The number of nitrogens with zero attached hydrogens (tertiary/aromatic N) is 2. The number of aryl methyl sites for hydroxylation is 1. The Balaban J connectivity index is 1.25. The molecule has 5 aromatic rings. The Morgan fingerprint density at radius 3 is 2.18 bits per heavy atom. The molecule has 7 nitrogen and oxygen atoms in total. The van der Waals surface area contributed by atoms with E-state index >= 15 is 0 Å². The summed E-state index contributed by atoms with van der Waals surface area (Å²) in [4.78, 5) is 21.4. The molecule has 5 rings (SSSR count). The van der Waals surface area contributed by atoms with Crippen LogP contribution in [0.25, 0.3) is 10.9 Å². The van der Waals surface area contributed by atoms with Gasteiger partial charge in [0.05, 0.1) is 19.7 Å². The predicted octanol–water partition coefficient (Wildman–Crippen LogP) is 6.85. The van der Waals surface area contributed by atoms with Gasteiger partial charge in [0.2, 0.25) is 0 Å². The molecule has 0 aliphatic carbocycles. The fourth-order valence-corrected chi connectivity index (χ4v) is 4.42. The van der Waals surface area contributed by atoms with E-state index < -0.39 is 0 Å². The van der Waals surface area contributed by atoms with Crippen LogP contribution >= 0.6 is 0 Å². The monoisotopic (exact) mass is 519 g/mol. The molecule has 4 aromatic carbocycles. The summed E-state index contributed by atoms with van der Waals surface area (Å²) in [6, 6.07) is 27.0. The van der Waals surface area contributed by atoms with Crippen LogP contribution in [0.5, 0.6) is 23.0 Å². The maximum Gasteiger partial charge on any atom is 0.162 e. The Hall–Kier alpha value is -4.91. The van der Waals surface area contributed by atoms with Crippen LogP contribution in [0.15, 0.2) is 91.3 Å². The smallest absolute Gasteiger partial charge is 0.162 e. The number of rotatable bonds is 10. The molecule has 0 amide bonds. The molecular weight excluding hydrogens is 490 g/mol. The van der Waals surface area contributed by atoms with Gasteiger partial charge in [-0.25, -0.2) is 9.97 Å². The summed E-state index contributed by atoms with van der Waals surface area (Å²) in [5, 5.41) is 4.15. The van der Waals surface area contributed by atoms with Gasteiger partial charge in [-0.1, -0.05) is 42.0 Å². The number of methoxy groups -OCH3 is 2. The standard InChI is InChI=1S/C32H29N3O4/c1-21-6-4-7-22(14-21)15-25(36)16-23-8-5-9-27(17-23)39-26-12-10-24(11-13-26)35-32-28-18-30(37-2)31(38-3)19-29(28)33-20-34-32/h4-14,17-20H,15-16H2,1-3H3,(H,33,34,35). The van der Waals surface area contributed by atoms with E-state index in [9.17, 15) is 4.79 Å². The Labute approximate surface area is 227 Å². The number of aromatic nitrogens is 2. The second kappa shape index (κ2) is 11.6. The van der Waals surface area contributed by atoms with Gasteiger partial charge in [-0.3, -0.25) is 4.79 Å². The van der Waals surface area contributed by atoms with Crippen LogP contribution in [0.1, 0.15) is 16.7 Å². The Bertz CT molecular complexity index is 1620.